The second-order valence-corrected chi connectivity index (χ2v) is 9.41. The van der Waals surface area contributed by atoms with Crippen molar-refractivity contribution in [3.63, 3.8) is 0 Å². The number of benzene rings is 3. The van der Waals surface area contributed by atoms with Crippen molar-refractivity contribution in [2.45, 2.75) is 45.3 Å². The van der Waals surface area contributed by atoms with Crippen molar-refractivity contribution in [3.05, 3.63) is 124 Å². The topological polar surface area (TPSA) is 75.4 Å². The molecule has 1 unspecified atom stereocenters. The maximum absolute atomic E-state index is 14.1. The first-order valence-corrected chi connectivity index (χ1v) is 12.2. The Hall–Kier alpha value is -4.19. The van der Waals surface area contributed by atoms with Crippen LogP contribution >= 0.6 is 0 Å². The van der Waals surface area contributed by atoms with Crippen molar-refractivity contribution >= 4 is 11.9 Å². The van der Waals surface area contributed by atoms with Gasteiger partial charge in [0, 0.05) is 18.7 Å². The molecule has 1 amide bonds. The first-order valence-electron chi connectivity index (χ1n) is 12.2. The third kappa shape index (κ3) is 4.54. The summed E-state index contributed by atoms with van der Waals surface area (Å²) in [6.45, 7) is 4.78. The number of aryl methyl sites for hydroxylation is 2. The number of carboxylic acids is 1. The highest BCUT2D eigenvalue weighted by Crippen LogP contribution is 2.32. The third-order valence-electron chi connectivity index (χ3n) is 6.93. The lowest BCUT2D eigenvalue weighted by Gasteiger charge is -2.35. The second kappa shape index (κ2) is 9.82. The summed E-state index contributed by atoms with van der Waals surface area (Å²) in [5, 5.41) is 10.2. The van der Waals surface area contributed by atoms with Gasteiger partial charge in [0.25, 0.3) is 0 Å². The largest absolute Gasteiger partial charge is 0.480 e. The molecule has 6 nitrogen and oxygen atoms in total. The van der Waals surface area contributed by atoms with Crippen molar-refractivity contribution in [3.8, 4) is 0 Å². The Morgan fingerprint density at radius 1 is 0.944 bits per heavy atom. The van der Waals surface area contributed by atoms with E-state index in [2.05, 4.69) is 29.7 Å². The van der Waals surface area contributed by atoms with Gasteiger partial charge in [-0.25, -0.2) is 9.78 Å². The fourth-order valence-electron chi connectivity index (χ4n) is 5.18. The first kappa shape index (κ1) is 23.5. The standard InChI is InChI=1S/C30H29N3O3/c1-20-10-9-11-22(16-20)18-32-21(2)31-25-19-33(27(30(35)36)17-26(25)32)29(34)28(23-12-5-3-6-13-23)24-14-7-4-8-15-24/h3-16,27-28H,17-19H2,1-2H3,(H,35,36). The summed E-state index contributed by atoms with van der Waals surface area (Å²) in [6, 6.07) is 26.4. The van der Waals surface area contributed by atoms with E-state index in [0.717, 1.165) is 33.9 Å². The molecule has 182 valence electrons. The van der Waals surface area contributed by atoms with Crippen LogP contribution in [0.2, 0.25) is 0 Å². The Bertz CT molecular complexity index is 1360. The molecule has 2 heterocycles. The van der Waals surface area contributed by atoms with E-state index in [0.29, 0.717) is 6.54 Å². The molecule has 5 rings (SSSR count). The number of fused-ring (bicyclic) bond motifs is 1. The van der Waals surface area contributed by atoms with Gasteiger partial charge < -0.3 is 14.6 Å². The van der Waals surface area contributed by atoms with Gasteiger partial charge in [0.2, 0.25) is 5.91 Å². The summed E-state index contributed by atoms with van der Waals surface area (Å²) in [5.74, 6) is -1.000. The lowest BCUT2D eigenvalue weighted by Crippen LogP contribution is -2.50. The number of rotatable bonds is 6. The molecule has 1 aliphatic heterocycles. The number of carbonyl (C=O) groups is 2. The SMILES string of the molecule is Cc1cccc(Cn2c(C)nc3c2CC(C(=O)O)N(C(=O)C(c2ccccc2)c2ccccc2)C3)c1. The van der Waals surface area contributed by atoms with Crippen LogP contribution in [0.15, 0.2) is 84.9 Å². The molecule has 0 bridgehead atoms. The lowest BCUT2D eigenvalue weighted by atomic mass is 9.88. The smallest absolute Gasteiger partial charge is 0.326 e. The molecule has 4 aromatic rings. The molecule has 1 atom stereocenters. The minimum atomic E-state index is -1.00. The number of hydrogen-bond acceptors (Lipinski definition) is 3. The summed E-state index contributed by atoms with van der Waals surface area (Å²) in [4.78, 5) is 32.8. The summed E-state index contributed by atoms with van der Waals surface area (Å²) < 4.78 is 2.09. The van der Waals surface area contributed by atoms with Crippen LogP contribution in [0, 0.1) is 13.8 Å². The molecule has 6 heteroatoms. The van der Waals surface area contributed by atoms with E-state index < -0.39 is 17.9 Å². The lowest BCUT2D eigenvalue weighted by molar-refractivity contribution is -0.151. The van der Waals surface area contributed by atoms with Gasteiger partial charge in [0.1, 0.15) is 11.9 Å². The predicted molar refractivity (Wildman–Crippen MR) is 138 cm³/mol. The highest BCUT2D eigenvalue weighted by atomic mass is 16.4. The Balaban J connectivity index is 1.52. The number of carboxylic acid groups (broad SMARTS) is 1. The summed E-state index contributed by atoms with van der Waals surface area (Å²) in [5.41, 5.74) is 5.64. The van der Waals surface area contributed by atoms with E-state index in [1.807, 2.05) is 73.7 Å². The average molecular weight is 480 g/mol. The maximum Gasteiger partial charge on any atom is 0.326 e. The highest BCUT2D eigenvalue weighted by molar-refractivity contribution is 5.91. The van der Waals surface area contributed by atoms with E-state index in [4.69, 9.17) is 4.98 Å². The molecule has 0 spiro atoms. The van der Waals surface area contributed by atoms with Gasteiger partial charge >= 0.3 is 5.97 Å². The molecule has 1 aliphatic rings. The zero-order valence-corrected chi connectivity index (χ0v) is 20.5. The van der Waals surface area contributed by atoms with Gasteiger partial charge in [-0.1, -0.05) is 90.5 Å². The highest BCUT2D eigenvalue weighted by Gasteiger charge is 2.40. The molecule has 0 aliphatic carbocycles. The maximum atomic E-state index is 14.1. The molecule has 0 fully saturated rings. The molecular formula is C30H29N3O3. The number of nitrogens with zero attached hydrogens (tertiary/aromatic N) is 3. The molecule has 3 aromatic carbocycles. The van der Waals surface area contributed by atoms with Gasteiger partial charge in [-0.3, -0.25) is 4.79 Å². The molecule has 1 aromatic heterocycles. The van der Waals surface area contributed by atoms with E-state index in [1.54, 1.807) is 0 Å². The molecular weight excluding hydrogens is 450 g/mol. The van der Waals surface area contributed by atoms with E-state index in [1.165, 1.54) is 10.5 Å². The van der Waals surface area contributed by atoms with Gasteiger partial charge in [-0.2, -0.15) is 0 Å². The first-order chi connectivity index (χ1) is 17.4. The van der Waals surface area contributed by atoms with E-state index >= 15 is 0 Å². The van der Waals surface area contributed by atoms with Crippen LogP contribution in [0.1, 0.15) is 45.4 Å². The van der Waals surface area contributed by atoms with E-state index in [9.17, 15) is 14.7 Å². The summed E-state index contributed by atoms with van der Waals surface area (Å²) >= 11 is 0. The number of hydrogen-bond donors (Lipinski definition) is 1. The zero-order valence-electron chi connectivity index (χ0n) is 20.5. The van der Waals surface area contributed by atoms with Crippen molar-refractivity contribution < 1.29 is 14.7 Å². The average Bonchev–Trinajstić information content (AvgIpc) is 3.18. The fourth-order valence-corrected chi connectivity index (χ4v) is 5.18. The number of imidazole rings is 1. The van der Waals surface area contributed by atoms with Gasteiger partial charge in [0.05, 0.1) is 18.2 Å². The third-order valence-corrected chi connectivity index (χ3v) is 6.93. The minimum Gasteiger partial charge on any atom is -0.480 e. The monoisotopic (exact) mass is 479 g/mol. The summed E-state index contributed by atoms with van der Waals surface area (Å²) in [6.07, 6.45) is 0.222. The second-order valence-electron chi connectivity index (χ2n) is 9.41. The number of aromatic nitrogens is 2. The normalized spacial score (nSPS) is 15.1. The van der Waals surface area contributed by atoms with Crippen LogP contribution in [-0.2, 0) is 29.1 Å². The fraction of sp³-hybridized carbons (Fsp3) is 0.233. The van der Waals surface area contributed by atoms with Crippen molar-refractivity contribution in [2.75, 3.05) is 0 Å². The Morgan fingerprint density at radius 3 is 2.17 bits per heavy atom. The quantitative estimate of drug-likeness (QED) is 0.434. The van der Waals surface area contributed by atoms with Crippen LogP contribution in [0.3, 0.4) is 0 Å². The Morgan fingerprint density at radius 2 is 1.58 bits per heavy atom. The molecule has 0 saturated heterocycles. The molecule has 1 N–H and O–H groups in total. The Labute approximate surface area is 210 Å². The van der Waals surface area contributed by atoms with Gasteiger partial charge in [-0.15, -0.1) is 0 Å². The van der Waals surface area contributed by atoms with Crippen molar-refractivity contribution in [1.29, 1.82) is 0 Å². The van der Waals surface area contributed by atoms with Crippen LogP contribution in [-0.4, -0.2) is 37.5 Å². The van der Waals surface area contributed by atoms with Gasteiger partial charge in [-0.05, 0) is 30.5 Å². The minimum absolute atomic E-state index is 0.170. The summed E-state index contributed by atoms with van der Waals surface area (Å²) in [7, 11) is 0. The van der Waals surface area contributed by atoms with Crippen LogP contribution in [0.25, 0.3) is 0 Å². The number of carbonyl (C=O) groups excluding carboxylic acids is 1. The molecule has 0 radical (unpaired) electrons. The predicted octanol–water partition coefficient (Wildman–Crippen LogP) is 4.72. The zero-order chi connectivity index (χ0) is 25.2. The van der Waals surface area contributed by atoms with Crippen molar-refractivity contribution in [1.82, 2.24) is 14.5 Å². The molecule has 36 heavy (non-hydrogen) atoms. The number of amides is 1. The molecule has 0 saturated carbocycles. The number of aliphatic carboxylic acids is 1. The van der Waals surface area contributed by atoms with Crippen LogP contribution in [0.5, 0.6) is 0 Å². The van der Waals surface area contributed by atoms with Crippen LogP contribution < -0.4 is 0 Å². The van der Waals surface area contributed by atoms with E-state index in [-0.39, 0.29) is 18.9 Å². The van der Waals surface area contributed by atoms with Crippen molar-refractivity contribution in [2.24, 2.45) is 0 Å². The van der Waals surface area contributed by atoms with Gasteiger partial charge in [0.15, 0.2) is 0 Å². The Kier molecular flexibility index (Phi) is 6.42. The van der Waals surface area contributed by atoms with Crippen LogP contribution in [0.4, 0.5) is 0 Å².